The third-order valence-corrected chi connectivity index (χ3v) is 4.54. The summed E-state index contributed by atoms with van der Waals surface area (Å²) in [6.07, 6.45) is 1.96. The van der Waals surface area contributed by atoms with Crippen LogP contribution in [-0.4, -0.2) is 10.8 Å². The molecule has 0 saturated heterocycles. The molecule has 1 aromatic heterocycles. The molecule has 1 heterocycles. The maximum absolute atomic E-state index is 9.07. The highest BCUT2D eigenvalue weighted by atomic mass is 32.2. The van der Waals surface area contributed by atoms with E-state index in [2.05, 4.69) is 6.07 Å². The van der Waals surface area contributed by atoms with Gasteiger partial charge in [-0.25, -0.2) is 0 Å². The number of nitriles is 1. The Labute approximate surface area is 114 Å². The van der Waals surface area contributed by atoms with Gasteiger partial charge in [0.1, 0.15) is 16.0 Å². The SMILES string of the molecule is CSc1c(C#N)sc(=S)n1-c1ccc(C)cc1. The Bertz CT molecular complexity index is 629. The average molecular weight is 278 g/mol. The summed E-state index contributed by atoms with van der Waals surface area (Å²) in [5, 5.41) is 9.99. The van der Waals surface area contributed by atoms with Crippen molar-refractivity contribution >= 4 is 35.3 Å². The van der Waals surface area contributed by atoms with Crippen LogP contribution < -0.4 is 0 Å². The number of aromatic nitrogens is 1. The molecule has 0 aliphatic heterocycles. The summed E-state index contributed by atoms with van der Waals surface area (Å²) in [7, 11) is 0. The first-order chi connectivity index (χ1) is 8.17. The van der Waals surface area contributed by atoms with Gasteiger partial charge in [-0.15, -0.1) is 11.8 Å². The first-order valence-electron chi connectivity index (χ1n) is 4.94. The molecule has 2 nitrogen and oxygen atoms in total. The molecule has 2 aromatic rings. The van der Waals surface area contributed by atoms with Crippen molar-refractivity contribution in [2.45, 2.75) is 11.9 Å². The number of rotatable bonds is 2. The van der Waals surface area contributed by atoms with Crippen LogP contribution in [0.5, 0.6) is 0 Å². The minimum Gasteiger partial charge on any atom is -0.285 e. The predicted molar refractivity (Wildman–Crippen MR) is 75.7 cm³/mol. The molecule has 0 N–H and O–H groups in total. The van der Waals surface area contributed by atoms with Crippen LogP contribution in [0.2, 0.25) is 0 Å². The van der Waals surface area contributed by atoms with Gasteiger partial charge in [-0.3, -0.25) is 4.57 Å². The summed E-state index contributed by atoms with van der Waals surface area (Å²) in [6.45, 7) is 2.05. The van der Waals surface area contributed by atoms with E-state index in [-0.39, 0.29) is 0 Å². The summed E-state index contributed by atoms with van der Waals surface area (Å²) in [5.41, 5.74) is 2.23. The summed E-state index contributed by atoms with van der Waals surface area (Å²) >= 11 is 8.24. The maximum atomic E-state index is 9.07. The van der Waals surface area contributed by atoms with Gasteiger partial charge in [0, 0.05) is 5.69 Å². The predicted octanol–water partition coefficient (Wildman–Crippen LogP) is 4.17. The van der Waals surface area contributed by atoms with Crippen molar-refractivity contribution in [3.63, 3.8) is 0 Å². The molecule has 5 heteroatoms. The van der Waals surface area contributed by atoms with Crippen LogP contribution in [-0.2, 0) is 0 Å². The molecule has 2 rings (SSSR count). The van der Waals surface area contributed by atoms with E-state index in [1.165, 1.54) is 16.9 Å². The van der Waals surface area contributed by atoms with Gasteiger partial charge in [-0.1, -0.05) is 29.0 Å². The number of thiazole rings is 1. The quantitative estimate of drug-likeness (QED) is 0.610. The minimum atomic E-state index is 0.683. The second-order valence-electron chi connectivity index (χ2n) is 3.49. The lowest BCUT2D eigenvalue weighted by Crippen LogP contribution is -1.95. The normalized spacial score (nSPS) is 10.2. The van der Waals surface area contributed by atoms with Crippen LogP contribution in [0.25, 0.3) is 5.69 Å². The summed E-state index contributed by atoms with van der Waals surface area (Å²) in [5.74, 6) is 0. The molecule has 0 bridgehead atoms. The standard InChI is InChI=1S/C12H10N2S3/c1-8-3-5-9(6-4-8)14-11(16-2)10(7-13)17-12(14)15/h3-6H,1-2H3. The van der Waals surface area contributed by atoms with E-state index in [0.717, 1.165) is 14.7 Å². The molecule has 17 heavy (non-hydrogen) atoms. The number of nitrogens with zero attached hydrogens (tertiary/aromatic N) is 2. The van der Waals surface area contributed by atoms with Crippen molar-refractivity contribution < 1.29 is 0 Å². The second kappa shape index (κ2) is 5.05. The highest BCUT2D eigenvalue weighted by Gasteiger charge is 2.12. The van der Waals surface area contributed by atoms with Gasteiger partial charge < -0.3 is 0 Å². The topological polar surface area (TPSA) is 28.7 Å². The van der Waals surface area contributed by atoms with E-state index >= 15 is 0 Å². The van der Waals surface area contributed by atoms with Crippen LogP contribution in [0.4, 0.5) is 0 Å². The van der Waals surface area contributed by atoms with Gasteiger partial charge in [-0.05, 0) is 37.5 Å². The third kappa shape index (κ3) is 2.29. The van der Waals surface area contributed by atoms with E-state index in [4.69, 9.17) is 17.5 Å². The van der Waals surface area contributed by atoms with Crippen LogP contribution in [0.3, 0.4) is 0 Å². The first kappa shape index (κ1) is 12.4. The van der Waals surface area contributed by atoms with Gasteiger partial charge in [0.05, 0.1) is 0 Å². The van der Waals surface area contributed by atoms with E-state index in [1.54, 1.807) is 11.8 Å². The number of thioether (sulfide) groups is 1. The van der Waals surface area contributed by atoms with Crippen molar-refractivity contribution in [2.24, 2.45) is 0 Å². The van der Waals surface area contributed by atoms with Crippen LogP contribution >= 0.6 is 35.3 Å². The fourth-order valence-electron chi connectivity index (χ4n) is 1.53. The highest BCUT2D eigenvalue weighted by Crippen LogP contribution is 2.30. The molecule has 0 atom stereocenters. The molecule has 0 saturated carbocycles. The largest absolute Gasteiger partial charge is 0.285 e. The average Bonchev–Trinajstić information content (AvgIpc) is 2.66. The zero-order valence-electron chi connectivity index (χ0n) is 9.43. The zero-order chi connectivity index (χ0) is 12.4. The second-order valence-corrected chi connectivity index (χ2v) is 5.93. The number of benzene rings is 1. The van der Waals surface area contributed by atoms with Crippen LogP contribution in [0.1, 0.15) is 10.4 Å². The molecule has 86 valence electrons. The summed E-state index contributed by atoms with van der Waals surface area (Å²) in [6, 6.07) is 10.3. The third-order valence-electron chi connectivity index (χ3n) is 2.36. The van der Waals surface area contributed by atoms with Crippen molar-refractivity contribution in [3.05, 3.63) is 38.7 Å². The molecule has 0 aliphatic rings. The van der Waals surface area contributed by atoms with Gasteiger partial charge >= 0.3 is 0 Å². The first-order valence-corrected chi connectivity index (χ1v) is 7.39. The van der Waals surface area contributed by atoms with Crippen molar-refractivity contribution in [3.8, 4) is 11.8 Å². The van der Waals surface area contributed by atoms with Crippen LogP contribution in [0.15, 0.2) is 29.3 Å². The minimum absolute atomic E-state index is 0.683. The number of hydrogen-bond donors (Lipinski definition) is 0. The molecular weight excluding hydrogens is 268 g/mol. The lowest BCUT2D eigenvalue weighted by Gasteiger charge is -2.07. The fraction of sp³-hybridized carbons (Fsp3) is 0.167. The Morgan fingerprint density at radius 2 is 2.00 bits per heavy atom. The molecule has 0 aliphatic carbocycles. The van der Waals surface area contributed by atoms with Crippen LogP contribution in [0, 0.1) is 22.2 Å². The van der Waals surface area contributed by atoms with E-state index in [9.17, 15) is 0 Å². The Balaban J connectivity index is 2.67. The molecular formula is C12H10N2S3. The summed E-state index contributed by atoms with van der Waals surface area (Å²) < 4.78 is 2.68. The lowest BCUT2D eigenvalue weighted by atomic mass is 10.2. The fourth-order valence-corrected chi connectivity index (χ4v) is 3.77. The van der Waals surface area contributed by atoms with Gasteiger partial charge in [0.15, 0.2) is 3.95 Å². The number of hydrogen-bond acceptors (Lipinski definition) is 4. The Morgan fingerprint density at radius 1 is 1.35 bits per heavy atom. The van der Waals surface area contributed by atoms with Gasteiger partial charge in [0.2, 0.25) is 0 Å². The Morgan fingerprint density at radius 3 is 2.53 bits per heavy atom. The van der Waals surface area contributed by atoms with Crippen molar-refractivity contribution in [1.82, 2.24) is 4.57 Å². The van der Waals surface area contributed by atoms with E-state index in [1.807, 2.05) is 42.0 Å². The Hall–Kier alpha value is -1.09. The van der Waals surface area contributed by atoms with E-state index in [0.29, 0.717) is 4.88 Å². The molecule has 0 unspecified atom stereocenters. The maximum Gasteiger partial charge on any atom is 0.167 e. The van der Waals surface area contributed by atoms with Crippen molar-refractivity contribution in [2.75, 3.05) is 6.26 Å². The van der Waals surface area contributed by atoms with Gasteiger partial charge in [0.25, 0.3) is 0 Å². The van der Waals surface area contributed by atoms with E-state index < -0.39 is 0 Å². The van der Waals surface area contributed by atoms with Gasteiger partial charge in [-0.2, -0.15) is 5.26 Å². The molecule has 0 spiro atoms. The number of aryl methyl sites for hydroxylation is 1. The Kier molecular flexibility index (Phi) is 3.67. The summed E-state index contributed by atoms with van der Waals surface area (Å²) in [4.78, 5) is 0.683. The lowest BCUT2D eigenvalue weighted by molar-refractivity contribution is 0.940. The molecule has 1 aromatic carbocycles. The monoisotopic (exact) mass is 278 g/mol. The molecule has 0 radical (unpaired) electrons. The zero-order valence-corrected chi connectivity index (χ0v) is 11.9. The van der Waals surface area contributed by atoms with Crippen molar-refractivity contribution in [1.29, 1.82) is 5.26 Å². The smallest absolute Gasteiger partial charge is 0.167 e. The molecule has 0 fully saturated rings. The molecule has 0 amide bonds. The highest BCUT2D eigenvalue weighted by molar-refractivity contribution is 7.98.